The van der Waals surface area contributed by atoms with Gasteiger partial charge in [-0.1, -0.05) is 24.8 Å². The highest BCUT2D eigenvalue weighted by molar-refractivity contribution is 7.59. The van der Waals surface area contributed by atoms with Crippen molar-refractivity contribution >= 4 is 7.37 Å². The van der Waals surface area contributed by atoms with E-state index in [0.717, 1.165) is 0 Å². The number of hydrogen-bond acceptors (Lipinski definition) is 3. The molecule has 0 aromatic carbocycles. The highest BCUT2D eigenvalue weighted by atomic mass is 31.2. The fourth-order valence-corrected chi connectivity index (χ4v) is 2.27. The zero-order valence-electron chi connectivity index (χ0n) is 7.56. The second kappa shape index (κ2) is 5.92. The summed E-state index contributed by atoms with van der Waals surface area (Å²) in [6.45, 7) is 10.4. The molecule has 0 saturated carbocycles. The molecule has 0 bridgehead atoms. The Morgan fingerprint density at radius 2 is 2.00 bits per heavy atom. The lowest BCUT2D eigenvalue weighted by molar-refractivity contribution is 0.251. The molecule has 13 heavy (non-hydrogen) atoms. The number of aliphatic hydroxyl groups is 1. The molecule has 0 aromatic rings. The normalized spacial score (nSPS) is 17.0. The van der Waals surface area contributed by atoms with Crippen LogP contribution in [0.25, 0.3) is 0 Å². The third-order valence-corrected chi connectivity index (χ3v) is 3.78. The molecule has 0 aliphatic carbocycles. The summed E-state index contributed by atoms with van der Waals surface area (Å²) in [6.07, 6.45) is 4.27. The van der Waals surface area contributed by atoms with Crippen molar-refractivity contribution in [1.82, 2.24) is 0 Å². The summed E-state index contributed by atoms with van der Waals surface area (Å²) in [5.74, 6) is -1.13. The van der Waals surface area contributed by atoms with Crippen molar-refractivity contribution in [2.75, 3.05) is 12.8 Å². The Morgan fingerprint density at radius 1 is 1.38 bits per heavy atom. The van der Waals surface area contributed by atoms with Crippen LogP contribution < -0.4 is 0 Å². The average molecular weight is 202 g/mol. The van der Waals surface area contributed by atoms with Gasteiger partial charge in [0.15, 0.2) is 0 Å². The lowest BCUT2D eigenvalue weighted by Crippen LogP contribution is -2.09. The van der Waals surface area contributed by atoms with Crippen LogP contribution in [0.4, 0.5) is 0 Å². The molecule has 0 aliphatic rings. The van der Waals surface area contributed by atoms with Crippen molar-refractivity contribution in [3.63, 3.8) is 0 Å². The molecule has 0 radical (unpaired) electrons. The van der Waals surface area contributed by atoms with Crippen molar-refractivity contribution in [1.29, 1.82) is 0 Å². The Balaban J connectivity index is 4.49. The minimum atomic E-state index is -3.08. The van der Waals surface area contributed by atoms with Crippen molar-refractivity contribution in [3.8, 4) is 0 Å². The molecule has 0 aliphatic heterocycles. The van der Waals surface area contributed by atoms with Crippen LogP contribution in [0.2, 0.25) is 0 Å². The van der Waals surface area contributed by atoms with Crippen LogP contribution in [0, 0.1) is 0 Å². The topological polar surface area (TPSA) is 46.5 Å². The van der Waals surface area contributed by atoms with Gasteiger partial charge in [0.25, 0.3) is 0 Å². The van der Waals surface area contributed by atoms with E-state index >= 15 is 0 Å². The van der Waals surface area contributed by atoms with Gasteiger partial charge in [-0.05, 0) is 0 Å². The predicted octanol–water partition coefficient (Wildman–Crippen LogP) is 2.16. The standard InChI is InChI=1S/C9H15O3P/c1-4-7-12-13(11,8-5-2)9(10)6-3/h4-6,9-10H,1-3,7-8H2. The molecule has 4 heteroatoms. The highest BCUT2D eigenvalue weighted by Crippen LogP contribution is 2.51. The van der Waals surface area contributed by atoms with Crippen LogP contribution >= 0.6 is 7.37 Å². The van der Waals surface area contributed by atoms with E-state index in [4.69, 9.17) is 4.52 Å². The smallest absolute Gasteiger partial charge is 0.238 e. The van der Waals surface area contributed by atoms with E-state index in [1.165, 1.54) is 18.2 Å². The van der Waals surface area contributed by atoms with E-state index in [1.807, 2.05) is 0 Å². The minimum absolute atomic E-state index is 0.133. The van der Waals surface area contributed by atoms with Crippen molar-refractivity contribution < 1.29 is 14.2 Å². The van der Waals surface area contributed by atoms with Crippen LogP contribution in [0.5, 0.6) is 0 Å². The summed E-state index contributed by atoms with van der Waals surface area (Å²) in [5.41, 5.74) is 0. The first-order valence-corrected chi connectivity index (χ1v) is 5.74. The Hall–Kier alpha value is -0.630. The zero-order chi connectivity index (χ0) is 10.3. The largest absolute Gasteiger partial charge is 0.379 e. The molecule has 0 aromatic heterocycles. The van der Waals surface area contributed by atoms with E-state index in [2.05, 4.69) is 19.7 Å². The van der Waals surface area contributed by atoms with Gasteiger partial charge in [-0.25, -0.2) is 0 Å². The zero-order valence-corrected chi connectivity index (χ0v) is 8.45. The quantitative estimate of drug-likeness (QED) is 0.508. The summed E-state index contributed by atoms with van der Waals surface area (Å²) < 4.78 is 16.9. The van der Waals surface area contributed by atoms with Crippen LogP contribution in [0.3, 0.4) is 0 Å². The molecule has 0 heterocycles. The van der Waals surface area contributed by atoms with Crippen LogP contribution in [-0.2, 0) is 9.09 Å². The first kappa shape index (κ1) is 12.4. The molecule has 1 N–H and O–H groups in total. The number of rotatable bonds is 7. The third-order valence-electron chi connectivity index (χ3n) is 1.41. The predicted molar refractivity (Wildman–Crippen MR) is 55.0 cm³/mol. The molecule has 0 spiro atoms. The van der Waals surface area contributed by atoms with Crippen LogP contribution in [0.1, 0.15) is 0 Å². The number of hydrogen-bond donors (Lipinski definition) is 1. The first-order valence-electron chi connectivity index (χ1n) is 3.86. The maximum absolute atomic E-state index is 11.8. The van der Waals surface area contributed by atoms with Crippen molar-refractivity contribution in [2.24, 2.45) is 0 Å². The number of aliphatic hydroxyl groups excluding tert-OH is 1. The molecule has 0 fully saturated rings. The van der Waals surface area contributed by atoms with Gasteiger partial charge in [0.05, 0.1) is 6.61 Å². The molecule has 74 valence electrons. The molecule has 0 rings (SSSR count). The van der Waals surface area contributed by atoms with Gasteiger partial charge in [0.1, 0.15) is 5.85 Å². The Labute approximate surface area is 78.9 Å². The van der Waals surface area contributed by atoms with Gasteiger partial charge >= 0.3 is 0 Å². The molecular weight excluding hydrogens is 187 g/mol. The van der Waals surface area contributed by atoms with Gasteiger partial charge in [0, 0.05) is 6.16 Å². The maximum Gasteiger partial charge on any atom is 0.238 e. The van der Waals surface area contributed by atoms with Crippen LogP contribution in [-0.4, -0.2) is 23.7 Å². The Morgan fingerprint density at radius 3 is 2.38 bits per heavy atom. The van der Waals surface area contributed by atoms with Crippen molar-refractivity contribution in [2.45, 2.75) is 5.85 Å². The highest BCUT2D eigenvalue weighted by Gasteiger charge is 2.28. The van der Waals surface area contributed by atoms with Crippen LogP contribution in [0.15, 0.2) is 38.0 Å². The lowest BCUT2D eigenvalue weighted by Gasteiger charge is -2.19. The van der Waals surface area contributed by atoms with E-state index in [0.29, 0.717) is 0 Å². The SMILES string of the molecule is C=CCOP(=O)(CC=C)C(O)C=C. The fraction of sp³-hybridized carbons (Fsp3) is 0.333. The maximum atomic E-state index is 11.8. The van der Waals surface area contributed by atoms with Crippen molar-refractivity contribution in [3.05, 3.63) is 38.0 Å². The average Bonchev–Trinajstić information content (AvgIpc) is 2.14. The van der Waals surface area contributed by atoms with E-state index in [9.17, 15) is 9.67 Å². The second-order valence-corrected chi connectivity index (χ2v) is 5.04. The molecule has 2 unspecified atom stereocenters. The second-order valence-electron chi connectivity index (χ2n) is 2.43. The summed E-state index contributed by atoms with van der Waals surface area (Å²) in [4.78, 5) is 0. The number of allylic oxidation sites excluding steroid dienone is 1. The minimum Gasteiger partial charge on any atom is -0.379 e. The van der Waals surface area contributed by atoms with Gasteiger partial charge in [-0.3, -0.25) is 4.57 Å². The van der Waals surface area contributed by atoms with Gasteiger partial charge in [-0.2, -0.15) is 0 Å². The summed E-state index contributed by atoms with van der Waals surface area (Å²) in [6, 6.07) is 0. The first-order chi connectivity index (χ1) is 6.10. The summed E-state index contributed by atoms with van der Waals surface area (Å²) in [5, 5.41) is 9.35. The molecular formula is C9H15O3P. The summed E-state index contributed by atoms with van der Waals surface area (Å²) in [7, 11) is -3.08. The summed E-state index contributed by atoms with van der Waals surface area (Å²) >= 11 is 0. The molecule has 3 nitrogen and oxygen atoms in total. The van der Waals surface area contributed by atoms with E-state index < -0.39 is 13.2 Å². The van der Waals surface area contributed by atoms with Gasteiger partial charge < -0.3 is 9.63 Å². The van der Waals surface area contributed by atoms with Gasteiger partial charge in [-0.15, -0.1) is 13.2 Å². The molecule has 2 atom stereocenters. The van der Waals surface area contributed by atoms with E-state index in [-0.39, 0.29) is 12.8 Å². The fourth-order valence-electron chi connectivity index (χ4n) is 0.756. The Kier molecular flexibility index (Phi) is 5.63. The molecule has 0 amide bonds. The monoisotopic (exact) mass is 202 g/mol. The third kappa shape index (κ3) is 3.73. The Bertz CT molecular complexity index is 235. The lowest BCUT2D eigenvalue weighted by atomic mass is 10.7. The molecule has 0 saturated heterocycles. The van der Waals surface area contributed by atoms with E-state index in [1.54, 1.807) is 0 Å². The van der Waals surface area contributed by atoms with Gasteiger partial charge in [0.2, 0.25) is 7.37 Å².